The lowest BCUT2D eigenvalue weighted by Gasteiger charge is -2.40. The summed E-state index contributed by atoms with van der Waals surface area (Å²) in [6.07, 6.45) is 5.36. The van der Waals surface area contributed by atoms with Gasteiger partial charge in [-0.3, -0.25) is 9.89 Å². The van der Waals surface area contributed by atoms with Gasteiger partial charge in [0, 0.05) is 32.4 Å². The lowest BCUT2D eigenvalue weighted by atomic mass is 9.90. The molecule has 1 aliphatic heterocycles. The number of aliphatic hydroxyl groups is 1. The summed E-state index contributed by atoms with van der Waals surface area (Å²) in [4.78, 5) is 16.3. The third-order valence-corrected chi connectivity index (χ3v) is 4.93. The molecule has 1 aromatic heterocycles. The number of carbonyl (C=O) groups is 1. The van der Waals surface area contributed by atoms with E-state index in [9.17, 15) is 18.7 Å². The molecule has 1 unspecified atom stereocenters. The predicted molar refractivity (Wildman–Crippen MR) is 95.7 cm³/mol. The summed E-state index contributed by atoms with van der Waals surface area (Å²) in [5.41, 5.74) is 0.0886. The number of piperidine rings is 1. The van der Waals surface area contributed by atoms with Crippen molar-refractivity contribution in [3.05, 3.63) is 53.4 Å². The van der Waals surface area contributed by atoms with Gasteiger partial charge < -0.3 is 14.9 Å². The van der Waals surface area contributed by atoms with Crippen molar-refractivity contribution in [2.24, 2.45) is 0 Å². The number of rotatable bonds is 7. The molecule has 8 heteroatoms. The van der Waals surface area contributed by atoms with Crippen molar-refractivity contribution < 1.29 is 18.7 Å². The van der Waals surface area contributed by atoms with E-state index in [-0.39, 0.29) is 19.0 Å². The molecule has 0 aliphatic carbocycles. The maximum Gasteiger partial charge on any atom is 0.256 e. The molecular formula is C19H24F2N4O2. The quantitative estimate of drug-likeness (QED) is 0.770. The third kappa shape index (κ3) is 4.70. The van der Waals surface area contributed by atoms with Crippen molar-refractivity contribution in [2.75, 3.05) is 26.7 Å². The molecule has 0 spiro atoms. The van der Waals surface area contributed by atoms with Crippen molar-refractivity contribution in [2.45, 2.75) is 31.4 Å². The minimum atomic E-state index is -1.47. The van der Waals surface area contributed by atoms with Crippen molar-refractivity contribution in [3.63, 3.8) is 0 Å². The molecule has 1 fully saturated rings. The van der Waals surface area contributed by atoms with Gasteiger partial charge in [0.2, 0.25) is 0 Å². The van der Waals surface area contributed by atoms with E-state index in [1.807, 2.05) is 18.1 Å². The zero-order valence-corrected chi connectivity index (χ0v) is 15.3. The molecule has 1 amide bonds. The van der Waals surface area contributed by atoms with Gasteiger partial charge in [-0.15, -0.1) is 0 Å². The molecule has 6 nitrogen and oxygen atoms in total. The van der Waals surface area contributed by atoms with Gasteiger partial charge in [-0.05, 0) is 49.6 Å². The van der Waals surface area contributed by atoms with Gasteiger partial charge >= 0.3 is 0 Å². The second kappa shape index (κ2) is 8.14. The zero-order valence-electron chi connectivity index (χ0n) is 15.3. The predicted octanol–water partition coefficient (Wildman–Crippen LogP) is 1.72. The Morgan fingerprint density at radius 2 is 2.15 bits per heavy atom. The van der Waals surface area contributed by atoms with E-state index >= 15 is 0 Å². The Morgan fingerprint density at radius 1 is 1.33 bits per heavy atom. The number of halogens is 2. The van der Waals surface area contributed by atoms with E-state index in [2.05, 4.69) is 10.2 Å². The molecule has 2 heterocycles. The summed E-state index contributed by atoms with van der Waals surface area (Å²) in [6.45, 7) is 1.53. The fourth-order valence-corrected chi connectivity index (χ4v) is 3.48. The average Bonchev–Trinajstić information content (AvgIpc) is 3.14. The molecule has 3 rings (SSSR count). The van der Waals surface area contributed by atoms with E-state index in [4.69, 9.17) is 0 Å². The Kier molecular flexibility index (Phi) is 5.86. The summed E-state index contributed by atoms with van der Waals surface area (Å²) in [6, 6.07) is 3.60. The second-order valence-corrected chi connectivity index (χ2v) is 7.20. The van der Waals surface area contributed by atoms with Gasteiger partial charge in [-0.1, -0.05) is 6.07 Å². The first-order valence-corrected chi connectivity index (χ1v) is 8.99. The van der Waals surface area contributed by atoms with Crippen LogP contribution >= 0.6 is 0 Å². The smallest absolute Gasteiger partial charge is 0.256 e. The molecule has 2 aromatic rings. The standard InChI is InChI=1S/C19H24F2N4O2/c1-24(8-5-15-10-22-23-11-15)13-19(27)6-2-7-25(18(19)26)12-14-3-4-16(20)17(21)9-14/h3-4,9-11,27H,2,5-8,12-13H2,1H3,(H,22,23). The average molecular weight is 378 g/mol. The Morgan fingerprint density at radius 3 is 2.85 bits per heavy atom. The van der Waals surface area contributed by atoms with Crippen LogP contribution in [-0.2, 0) is 17.8 Å². The summed E-state index contributed by atoms with van der Waals surface area (Å²) in [5.74, 6) is -2.22. The van der Waals surface area contributed by atoms with Gasteiger partial charge in [0.05, 0.1) is 6.20 Å². The molecule has 2 N–H and O–H groups in total. The number of hydrogen-bond acceptors (Lipinski definition) is 4. The number of H-pyrrole nitrogens is 1. The molecule has 0 bridgehead atoms. The van der Waals surface area contributed by atoms with Gasteiger partial charge in [0.1, 0.15) is 0 Å². The first-order valence-electron chi connectivity index (χ1n) is 8.99. The number of benzene rings is 1. The number of likely N-dealkylation sites (N-methyl/N-ethyl adjacent to an activating group) is 1. The highest BCUT2D eigenvalue weighted by Crippen LogP contribution is 2.25. The van der Waals surface area contributed by atoms with E-state index in [1.54, 1.807) is 6.20 Å². The van der Waals surface area contributed by atoms with Crippen LogP contribution in [0.2, 0.25) is 0 Å². The van der Waals surface area contributed by atoms with E-state index in [0.717, 1.165) is 24.1 Å². The Bertz CT molecular complexity index is 784. The van der Waals surface area contributed by atoms with Crippen LogP contribution in [0.4, 0.5) is 8.78 Å². The van der Waals surface area contributed by atoms with E-state index in [1.165, 1.54) is 11.0 Å². The molecule has 1 atom stereocenters. The summed E-state index contributed by atoms with van der Waals surface area (Å²) < 4.78 is 26.5. The molecule has 0 saturated carbocycles. The minimum Gasteiger partial charge on any atom is -0.379 e. The number of amides is 1. The van der Waals surface area contributed by atoms with Gasteiger partial charge in [-0.2, -0.15) is 5.10 Å². The molecule has 1 aliphatic rings. The highest BCUT2D eigenvalue weighted by Gasteiger charge is 2.42. The first kappa shape index (κ1) is 19.4. The van der Waals surface area contributed by atoms with Crippen LogP contribution in [0.5, 0.6) is 0 Å². The number of carbonyl (C=O) groups excluding carboxylic acids is 1. The summed E-state index contributed by atoms with van der Waals surface area (Å²) in [5, 5.41) is 17.6. The second-order valence-electron chi connectivity index (χ2n) is 7.20. The fourth-order valence-electron chi connectivity index (χ4n) is 3.48. The first-order chi connectivity index (χ1) is 12.9. The number of nitrogens with zero attached hydrogens (tertiary/aromatic N) is 3. The number of aromatic amines is 1. The van der Waals surface area contributed by atoms with Crippen LogP contribution in [0.15, 0.2) is 30.6 Å². The van der Waals surface area contributed by atoms with Crippen LogP contribution in [0, 0.1) is 11.6 Å². The van der Waals surface area contributed by atoms with Crippen molar-refractivity contribution >= 4 is 5.91 Å². The number of aromatic nitrogens is 2. The normalized spacial score (nSPS) is 20.5. The van der Waals surface area contributed by atoms with Crippen LogP contribution in [0.25, 0.3) is 0 Å². The number of hydrogen-bond donors (Lipinski definition) is 2. The maximum atomic E-state index is 13.4. The van der Waals surface area contributed by atoms with Crippen LogP contribution in [0.1, 0.15) is 24.0 Å². The monoisotopic (exact) mass is 378 g/mol. The van der Waals surface area contributed by atoms with Crippen molar-refractivity contribution in [1.29, 1.82) is 0 Å². The molecule has 0 radical (unpaired) electrons. The Hall–Kier alpha value is -2.32. The van der Waals surface area contributed by atoms with Gasteiger partial charge in [-0.25, -0.2) is 8.78 Å². The lowest BCUT2D eigenvalue weighted by molar-refractivity contribution is -0.159. The van der Waals surface area contributed by atoms with Crippen LogP contribution in [-0.4, -0.2) is 63.3 Å². The molecule has 1 aromatic carbocycles. The van der Waals surface area contributed by atoms with E-state index < -0.39 is 17.2 Å². The largest absolute Gasteiger partial charge is 0.379 e. The Labute approximate surface area is 156 Å². The highest BCUT2D eigenvalue weighted by atomic mass is 19.2. The molecule has 146 valence electrons. The highest BCUT2D eigenvalue weighted by molar-refractivity contribution is 5.86. The molecular weight excluding hydrogens is 354 g/mol. The van der Waals surface area contributed by atoms with Gasteiger partial charge in [0.25, 0.3) is 5.91 Å². The van der Waals surface area contributed by atoms with Crippen molar-refractivity contribution in [1.82, 2.24) is 20.0 Å². The molecule has 27 heavy (non-hydrogen) atoms. The van der Waals surface area contributed by atoms with Gasteiger partial charge in [0.15, 0.2) is 17.2 Å². The van der Waals surface area contributed by atoms with Crippen molar-refractivity contribution in [3.8, 4) is 0 Å². The Balaban J connectivity index is 1.60. The van der Waals surface area contributed by atoms with E-state index in [0.29, 0.717) is 31.5 Å². The minimum absolute atomic E-state index is 0.150. The number of nitrogens with one attached hydrogen (secondary N) is 1. The SMILES string of the molecule is CN(CCc1cn[nH]c1)CC1(O)CCCN(Cc2ccc(F)c(F)c2)C1=O. The van der Waals surface area contributed by atoms with Crippen LogP contribution in [0.3, 0.4) is 0 Å². The molecule has 1 saturated heterocycles. The third-order valence-electron chi connectivity index (χ3n) is 4.93. The summed E-state index contributed by atoms with van der Waals surface area (Å²) in [7, 11) is 1.86. The zero-order chi connectivity index (χ0) is 19.4. The fraction of sp³-hybridized carbons (Fsp3) is 0.474. The topological polar surface area (TPSA) is 72.5 Å². The summed E-state index contributed by atoms with van der Waals surface area (Å²) >= 11 is 0. The lowest BCUT2D eigenvalue weighted by Crippen LogP contribution is -2.58. The van der Waals surface area contributed by atoms with Crippen LogP contribution < -0.4 is 0 Å². The number of likely N-dealkylation sites (tertiary alicyclic amines) is 1. The maximum absolute atomic E-state index is 13.4.